The number of hydrogen-bond donors (Lipinski definition) is 1. The van der Waals surface area contributed by atoms with Crippen LogP contribution in [-0.2, 0) is 0 Å². The molecule has 2 unspecified atom stereocenters. The number of piperidine rings is 1. The van der Waals surface area contributed by atoms with Gasteiger partial charge in [-0.1, -0.05) is 0 Å². The summed E-state index contributed by atoms with van der Waals surface area (Å²) in [5.74, 6) is 0. The van der Waals surface area contributed by atoms with Crippen molar-refractivity contribution in [2.75, 3.05) is 6.54 Å². The standard InChI is InChI=1S/C12H26N2/c1-9(2)14(10(3)4)12-6-7-13-11(5)8-12/h9-13H,6-8H2,1-5H3. The van der Waals surface area contributed by atoms with Crippen molar-refractivity contribution in [3.8, 4) is 0 Å². The molecule has 0 amide bonds. The second kappa shape index (κ2) is 5.13. The third-order valence-corrected chi connectivity index (χ3v) is 3.21. The number of rotatable bonds is 3. The van der Waals surface area contributed by atoms with Crippen LogP contribution in [0.4, 0.5) is 0 Å². The van der Waals surface area contributed by atoms with E-state index in [1.54, 1.807) is 0 Å². The summed E-state index contributed by atoms with van der Waals surface area (Å²) < 4.78 is 0. The molecule has 0 aromatic carbocycles. The molecule has 1 aliphatic heterocycles. The molecule has 0 spiro atoms. The van der Waals surface area contributed by atoms with Crippen molar-refractivity contribution in [2.45, 2.75) is 71.6 Å². The van der Waals surface area contributed by atoms with E-state index in [0.717, 1.165) is 6.04 Å². The minimum atomic E-state index is 0.672. The summed E-state index contributed by atoms with van der Waals surface area (Å²) in [6.45, 7) is 12.7. The summed E-state index contributed by atoms with van der Waals surface area (Å²) in [7, 11) is 0. The van der Waals surface area contributed by atoms with Crippen LogP contribution in [-0.4, -0.2) is 35.6 Å². The summed E-state index contributed by atoms with van der Waals surface area (Å²) in [5, 5.41) is 3.52. The smallest absolute Gasteiger partial charge is 0.0127 e. The summed E-state index contributed by atoms with van der Waals surface area (Å²) in [4.78, 5) is 2.66. The van der Waals surface area contributed by atoms with E-state index in [-0.39, 0.29) is 0 Å². The Morgan fingerprint density at radius 2 is 1.71 bits per heavy atom. The van der Waals surface area contributed by atoms with Crippen LogP contribution in [0.3, 0.4) is 0 Å². The van der Waals surface area contributed by atoms with Gasteiger partial charge >= 0.3 is 0 Å². The van der Waals surface area contributed by atoms with Crippen LogP contribution in [0, 0.1) is 0 Å². The third kappa shape index (κ3) is 2.96. The van der Waals surface area contributed by atoms with Crippen molar-refractivity contribution in [2.24, 2.45) is 0 Å². The number of nitrogens with zero attached hydrogens (tertiary/aromatic N) is 1. The van der Waals surface area contributed by atoms with Gasteiger partial charge in [0.15, 0.2) is 0 Å². The Kier molecular flexibility index (Phi) is 4.39. The van der Waals surface area contributed by atoms with Crippen molar-refractivity contribution >= 4 is 0 Å². The van der Waals surface area contributed by atoms with Crippen LogP contribution < -0.4 is 5.32 Å². The number of hydrogen-bond acceptors (Lipinski definition) is 2. The van der Waals surface area contributed by atoms with E-state index in [2.05, 4.69) is 44.8 Å². The Balaban J connectivity index is 2.58. The molecule has 1 rings (SSSR count). The van der Waals surface area contributed by atoms with Crippen molar-refractivity contribution in [1.82, 2.24) is 10.2 Å². The lowest BCUT2D eigenvalue weighted by molar-refractivity contribution is 0.0812. The van der Waals surface area contributed by atoms with Gasteiger partial charge in [-0.05, 0) is 54.0 Å². The molecule has 1 saturated heterocycles. The van der Waals surface area contributed by atoms with E-state index >= 15 is 0 Å². The average molecular weight is 198 g/mol. The maximum atomic E-state index is 3.52. The Bertz CT molecular complexity index is 158. The molecule has 2 atom stereocenters. The molecule has 0 aliphatic carbocycles. The molecule has 0 aromatic rings. The minimum Gasteiger partial charge on any atom is -0.314 e. The first-order valence-electron chi connectivity index (χ1n) is 6.03. The van der Waals surface area contributed by atoms with Crippen LogP contribution in [0.1, 0.15) is 47.5 Å². The van der Waals surface area contributed by atoms with Gasteiger partial charge in [-0.3, -0.25) is 4.90 Å². The van der Waals surface area contributed by atoms with Gasteiger partial charge in [0.1, 0.15) is 0 Å². The maximum Gasteiger partial charge on any atom is 0.0127 e. The van der Waals surface area contributed by atoms with Gasteiger partial charge in [-0.25, -0.2) is 0 Å². The van der Waals surface area contributed by atoms with Crippen molar-refractivity contribution < 1.29 is 0 Å². The Morgan fingerprint density at radius 3 is 2.14 bits per heavy atom. The van der Waals surface area contributed by atoms with Crippen LogP contribution in [0.2, 0.25) is 0 Å². The van der Waals surface area contributed by atoms with Gasteiger partial charge in [0.05, 0.1) is 0 Å². The fourth-order valence-electron chi connectivity index (χ4n) is 2.82. The van der Waals surface area contributed by atoms with Gasteiger partial charge in [-0.15, -0.1) is 0 Å². The molecular weight excluding hydrogens is 172 g/mol. The Hall–Kier alpha value is -0.0800. The third-order valence-electron chi connectivity index (χ3n) is 3.21. The predicted octanol–water partition coefficient (Wildman–Crippen LogP) is 2.25. The van der Waals surface area contributed by atoms with Crippen LogP contribution in [0.5, 0.6) is 0 Å². The predicted molar refractivity (Wildman–Crippen MR) is 62.6 cm³/mol. The maximum absolute atomic E-state index is 3.52. The van der Waals surface area contributed by atoms with E-state index in [0.29, 0.717) is 18.1 Å². The first-order chi connectivity index (χ1) is 6.52. The Morgan fingerprint density at radius 1 is 1.14 bits per heavy atom. The summed E-state index contributed by atoms with van der Waals surface area (Å²) in [6, 6.07) is 2.82. The number of nitrogens with one attached hydrogen (secondary N) is 1. The molecule has 1 heterocycles. The Labute approximate surface area is 89.1 Å². The quantitative estimate of drug-likeness (QED) is 0.748. The largest absolute Gasteiger partial charge is 0.314 e. The zero-order valence-corrected chi connectivity index (χ0v) is 10.4. The van der Waals surface area contributed by atoms with Gasteiger partial charge in [0.2, 0.25) is 0 Å². The van der Waals surface area contributed by atoms with Crippen molar-refractivity contribution in [1.29, 1.82) is 0 Å². The summed E-state index contributed by atoms with van der Waals surface area (Å²) >= 11 is 0. The van der Waals surface area contributed by atoms with Crippen LogP contribution in [0.25, 0.3) is 0 Å². The van der Waals surface area contributed by atoms with E-state index in [4.69, 9.17) is 0 Å². The molecule has 2 heteroatoms. The normalized spacial score (nSPS) is 29.1. The molecule has 1 fully saturated rings. The molecule has 1 aliphatic rings. The molecular formula is C12H26N2. The highest BCUT2D eigenvalue weighted by Gasteiger charge is 2.27. The monoisotopic (exact) mass is 198 g/mol. The summed E-state index contributed by atoms with van der Waals surface area (Å²) in [5.41, 5.74) is 0. The fourth-order valence-corrected chi connectivity index (χ4v) is 2.82. The van der Waals surface area contributed by atoms with E-state index in [1.807, 2.05) is 0 Å². The molecule has 84 valence electrons. The lowest BCUT2D eigenvalue weighted by atomic mass is 9.96. The highest BCUT2D eigenvalue weighted by molar-refractivity contribution is 4.85. The molecule has 14 heavy (non-hydrogen) atoms. The molecule has 0 bridgehead atoms. The van der Waals surface area contributed by atoms with Crippen LogP contribution in [0.15, 0.2) is 0 Å². The molecule has 2 nitrogen and oxygen atoms in total. The van der Waals surface area contributed by atoms with Gasteiger partial charge in [0.25, 0.3) is 0 Å². The topological polar surface area (TPSA) is 15.3 Å². The lowest BCUT2D eigenvalue weighted by Gasteiger charge is -2.42. The SMILES string of the molecule is CC1CC(N(C(C)C)C(C)C)CCN1. The van der Waals surface area contributed by atoms with Crippen LogP contribution >= 0.6 is 0 Å². The minimum absolute atomic E-state index is 0.672. The van der Waals surface area contributed by atoms with Gasteiger partial charge < -0.3 is 5.32 Å². The van der Waals surface area contributed by atoms with E-state index < -0.39 is 0 Å². The van der Waals surface area contributed by atoms with Gasteiger partial charge in [0, 0.05) is 24.2 Å². The second-order valence-electron chi connectivity index (χ2n) is 5.17. The fraction of sp³-hybridized carbons (Fsp3) is 1.00. The molecule has 0 aromatic heterocycles. The zero-order valence-electron chi connectivity index (χ0n) is 10.4. The zero-order chi connectivity index (χ0) is 10.7. The molecule has 1 N–H and O–H groups in total. The first-order valence-corrected chi connectivity index (χ1v) is 6.03. The van der Waals surface area contributed by atoms with E-state index in [9.17, 15) is 0 Å². The lowest BCUT2D eigenvalue weighted by Crippen LogP contribution is -2.51. The van der Waals surface area contributed by atoms with E-state index in [1.165, 1.54) is 19.4 Å². The molecule has 0 saturated carbocycles. The van der Waals surface area contributed by atoms with Crippen molar-refractivity contribution in [3.63, 3.8) is 0 Å². The highest BCUT2D eigenvalue weighted by atomic mass is 15.2. The summed E-state index contributed by atoms with van der Waals surface area (Å²) in [6.07, 6.45) is 2.61. The molecule has 0 radical (unpaired) electrons. The van der Waals surface area contributed by atoms with Crippen molar-refractivity contribution in [3.05, 3.63) is 0 Å². The first kappa shape index (κ1) is 12.0. The van der Waals surface area contributed by atoms with Gasteiger partial charge in [-0.2, -0.15) is 0 Å². The highest BCUT2D eigenvalue weighted by Crippen LogP contribution is 2.20. The second-order valence-corrected chi connectivity index (χ2v) is 5.17. The average Bonchev–Trinajstić information content (AvgIpc) is 2.02.